The van der Waals surface area contributed by atoms with Crippen molar-refractivity contribution in [1.29, 1.82) is 0 Å². The molecule has 2 N–H and O–H groups in total. The molecule has 29 heavy (non-hydrogen) atoms. The monoisotopic (exact) mass is 432 g/mol. The van der Waals surface area contributed by atoms with Crippen LogP contribution in [0.1, 0.15) is 44.0 Å². The van der Waals surface area contributed by atoms with Crippen LogP contribution in [-0.2, 0) is 14.3 Å². The molecule has 1 atom stereocenters. The molecule has 2 aliphatic heterocycles. The van der Waals surface area contributed by atoms with Crippen molar-refractivity contribution >= 4 is 40.8 Å². The number of hydrogen-bond acceptors (Lipinski definition) is 7. The van der Waals surface area contributed by atoms with E-state index in [0.29, 0.717) is 23.5 Å². The minimum Gasteiger partial charge on any atom is -0.461 e. The van der Waals surface area contributed by atoms with Crippen molar-refractivity contribution in [1.82, 2.24) is 10.6 Å². The Bertz CT molecular complexity index is 895. The molecule has 3 rings (SSSR count). The Morgan fingerprint density at radius 1 is 1.31 bits per heavy atom. The molecule has 1 amide bonds. The fourth-order valence-corrected chi connectivity index (χ4v) is 4.30. The van der Waals surface area contributed by atoms with Gasteiger partial charge >= 0.3 is 5.97 Å². The minimum atomic E-state index is -0.498. The van der Waals surface area contributed by atoms with E-state index in [1.54, 1.807) is 31.2 Å². The summed E-state index contributed by atoms with van der Waals surface area (Å²) < 4.78 is 11.2. The molecule has 0 aliphatic carbocycles. The number of benzene rings is 1. The first-order chi connectivity index (χ1) is 13.9. The van der Waals surface area contributed by atoms with E-state index < -0.39 is 5.97 Å². The van der Waals surface area contributed by atoms with Crippen LogP contribution in [0.25, 0.3) is 0 Å². The highest BCUT2D eigenvalue weighted by molar-refractivity contribution is 8.08. The molecule has 1 unspecified atom stereocenters. The fourth-order valence-electron chi connectivity index (χ4n) is 2.99. The zero-order valence-corrected chi connectivity index (χ0v) is 18.3. The first kappa shape index (κ1) is 21.5. The number of ether oxygens (including phenoxy) is 2. The molecule has 0 bridgehead atoms. The van der Waals surface area contributed by atoms with Crippen molar-refractivity contribution < 1.29 is 19.1 Å². The second-order valence-corrected chi connectivity index (χ2v) is 8.48. The Morgan fingerprint density at radius 3 is 2.69 bits per heavy atom. The van der Waals surface area contributed by atoms with Crippen LogP contribution in [0.2, 0.25) is 0 Å². The van der Waals surface area contributed by atoms with E-state index >= 15 is 0 Å². The van der Waals surface area contributed by atoms with Gasteiger partial charge in [0.25, 0.3) is 5.91 Å². The number of hydrogen-bond donors (Lipinski definition) is 2. The molecule has 0 radical (unpaired) electrons. The number of thiocarbonyl (C=S) groups is 1. The van der Waals surface area contributed by atoms with Crippen molar-refractivity contribution in [2.75, 3.05) is 13.2 Å². The maximum absolute atomic E-state index is 12.6. The lowest BCUT2D eigenvalue weighted by Crippen LogP contribution is -2.41. The summed E-state index contributed by atoms with van der Waals surface area (Å²) in [5.41, 5.74) is 1.40. The van der Waals surface area contributed by atoms with Gasteiger partial charge in [0.2, 0.25) is 0 Å². The van der Waals surface area contributed by atoms with Gasteiger partial charge < -0.3 is 20.1 Å². The molecule has 2 heterocycles. The standard InChI is InChI=1S/C21H24N2O4S2/c1-4-21(3)11-14-15(12-27-21)29-17(16(22-14)20(25)26-5-2)19(28)23-18(24)13-9-7-6-8-10-13/h6-10,22H,4-5,11-12H2,1-3H3,(H,23,24,28). The molecule has 0 saturated carbocycles. The molecule has 154 valence electrons. The van der Waals surface area contributed by atoms with Gasteiger partial charge in [-0.2, -0.15) is 0 Å². The predicted octanol–water partition coefficient (Wildman–Crippen LogP) is 3.66. The van der Waals surface area contributed by atoms with Crippen molar-refractivity contribution in [3.63, 3.8) is 0 Å². The van der Waals surface area contributed by atoms with Crippen LogP contribution in [0, 0.1) is 0 Å². The predicted molar refractivity (Wildman–Crippen MR) is 117 cm³/mol. The molecular weight excluding hydrogens is 408 g/mol. The number of carbonyl (C=O) groups is 2. The van der Waals surface area contributed by atoms with Gasteiger partial charge in [0.1, 0.15) is 10.7 Å². The molecule has 6 nitrogen and oxygen atoms in total. The van der Waals surface area contributed by atoms with E-state index in [-0.39, 0.29) is 28.8 Å². The van der Waals surface area contributed by atoms with Crippen LogP contribution >= 0.6 is 24.0 Å². The summed E-state index contributed by atoms with van der Waals surface area (Å²) in [6.45, 7) is 6.54. The van der Waals surface area contributed by atoms with Crippen LogP contribution in [0.5, 0.6) is 0 Å². The average molecular weight is 433 g/mol. The van der Waals surface area contributed by atoms with Crippen molar-refractivity contribution in [2.24, 2.45) is 0 Å². The van der Waals surface area contributed by atoms with E-state index in [9.17, 15) is 9.59 Å². The average Bonchev–Trinajstić information content (AvgIpc) is 2.73. The third-order valence-electron chi connectivity index (χ3n) is 4.86. The van der Waals surface area contributed by atoms with Gasteiger partial charge in [0.15, 0.2) is 0 Å². The molecule has 0 fully saturated rings. The van der Waals surface area contributed by atoms with E-state index in [4.69, 9.17) is 21.7 Å². The normalized spacial score (nSPS) is 21.2. The van der Waals surface area contributed by atoms with E-state index in [0.717, 1.165) is 17.0 Å². The van der Waals surface area contributed by atoms with Gasteiger partial charge in [-0.3, -0.25) is 4.79 Å². The molecule has 1 aromatic rings. The summed E-state index contributed by atoms with van der Waals surface area (Å²) in [6.07, 6.45) is 1.51. The van der Waals surface area contributed by atoms with Crippen LogP contribution in [0.3, 0.4) is 0 Å². The third-order valence-corrected chi connectivity index (χ3v) is 6.52. The number of thioether (sulfide) groups is 1. The summed E-state index contributed by atoms with van der Waals surface area (Å²) >= 11 is 6.82. The van der Waals surface area contributed by atoms with E-state index in [1.165, 1.54) is 11.8 Å². The lowest BCUT2D eigenvalue weighted by Gasteiger charge is -2.38. The largest absolute Gasteiger partial charge is 0.461 e. The maximum Gasteiger partial charge on any atom is 0.356 e. The van der Waals surface area contributed by atoms with Crippen LogP contribution in [0.15, 0.2) is 51.5 Å². The van der Waals surface area contributed by atoms with Gasteiger partial charge in [-0.05, 0) is 32.4 Å². The molecule has 2 aliphatic rings. The van der Waals surface area contributed by atoms with Gasteiger partial charge in [0.05, 0.1) is 23.7 Å². The van der Waals surface area contributed by atoms with E-state index in [2.05, 4.69) is 24.5 Å². The Hall–Kier alpha value is -2.16. The molecule has 1 aromatic carbocycles. The first-order valence-corrected chi connectivity index (χ1v) is 10.7. The second-order valence-electron chi connectivity index (χ2n) is 6.97. The molecule has 0 saturated heterocycles. The summed E-state index contributed by atoms with van der Waals surface area (Å²) in [5, 5.41) is 5.94. The molecule has 0 spiro atoms. The zero-order chi connectivity index (χ0) is 21.0. The molecule has 0 aromatic heterocycles. The van der Waals surface area contributed by atoms with Gasteiger partial charge in [0, 0.05) is 22.6 Å². The van der Waals surface area contributed by atoms with Crippen LogP contribution in [0.4, 0.5) is 0 Å². The Kier molecular flexibility index (Phi) is 6.77. The maximum atomic E-state index is 12.6. The number of carbonyl (C=O) groups excluding carboxylic acids is 2. The Labute approximate surface area is 180 Å². The molecule has 8 heteroatoms. The third kappa shape index (κ3) is 4.88. The fraction of sp³-hybridized carbons (Fsp3) is 0.381. The highest BCUT2D eigenvalue weighted by atomic mass is 32.2. The highest BCUT2D eigenvalue weighted by Gasteiger charge is 2.37. The number of rotatable bonds is 5. The van der Waals surface area contributed by atoms with Gasteiger partial charge in [-0.15, -0.1) is 0 Å². The quantitative estimate of drug-likeness (QED) is 0.543. The SMILES string of the molecule is CCOC(=O)C1=C(C(=S)NC(=O)c2ccccc2)SC2=C(CC(C)(CC)OC2)N1. The second kappa shape index (κ2) is 9.11. The van der Waals surface area contributed by atoms with Gasteiger partial charge in [-0.1, -0.05) is 49.1 Å². The zero-order valence-electron chi connectivity index (χ0n) is 16.7. The number of esters is 1. The Morgan fingerprint density at radius 2 is 2.03 bits per heavy atom. The van der Waals surface area contributed by atoms with Crippen molar-refractivity contribution in [3.8, 4) is 0 Å². The topological polar surface area (TPSA) is 76.7 Å². The summed E-state index contributed by atoms with van der Waals surface area (Å²) in [7, 11) is 0. The highest BCUT2D eigenvalue weighted by Crippen LogP contribution is 2.42. The minimum absolute atomic E-state index is 0.176. The van der Waals surface area contributed by atoms with Crippen molar-refractivity contribution in [2.45, 2.75) is 39.2 Å². The smallest absolute Gasteiger partial charge is 0.356 e. The number of nitrogens with one attached hydrogen (secondary N) is 2. The van der Waals surface area contributed by atoms with Crippen molar-refractivity contribution in [3.05, 3.63) is 57.1 Å². The summed E-state index contributed by atoms with van der Waals surface area (Å²) in [5.74, 6) is -0.826. The lowest BCUT2D eigenvalue weighted by molar-refractivity contribution is -0.139. The summed E-state index contributed by atoms with van der Waals surface area (Å²) in [6, 6.07) is 8.79. The number of amides is 1. The Balaban J connectivity index is 1.85. The molecular formula is C21H24N2O4S2. The van der Waals surface area contributed by atoms with Gasteiger partial charge in [-0.25, -0.2) is 4.79 Å². The van der Waals surface area contributed by atoms with Crippen LogP contribution in [-0.4, -0.2) is 35.7 Å². The van der Waals surface area contributed by atoms with Crippen LogP contribution < -0.4 is 10.6 Å². The lowest BCUT2D eigenvalue weighted by atomic mass is 9.94. The van der Waals surface area contributed by atoms with E-state index in [1.807, 2.05) is 6.07 Å². The summed E-state index contributed by atoms with van der Waals surface area (Å²) in [4.78, 5) is 26.7. The first-order valence-electron chi connectivity index (χ1n) is 9.50.